The molecule has 1 heterocycles. The van der Waals surface area contributed by atoms with Gasteiger partial charge in [0.2, 0.25) is 0 Å². The SMILES string of the molecule is O=COc1ccn(/[N+]([O-])=N/[O-])c1. The number of aromatic nitrogens is 1. The second-order valence-corrected chi connectivity index (χ2v) is 1.78. The zero-order chi connectivity index (χ0) is 8.97. The van der Waals surface area contributed by atoms with E-state index < -0.39 is 0 Å². The van der Waals surface area contributed by atoms with Gasteiger partial charge in [0.25, 0.3) is 6.47 Å². The van der Waals surface area contributed by atoms with E-state index in [2.05, 4.69) is 10.0 Å². The fourth-order valence-corrected chi connectivity index (χ4v) is 0.640. The van der Waals surface area contributed by atoms with Gasteiger partial charge in [-0.1, -0.05) is 4.68 Å². The highest BCUT2D eigenvalue weighted by Crippen LogP contribution is 2.09. The number of hydrogen-bond acceptors (Lipinski definition) is 5. The predicted octanol–water partition coefficient (Wildman–Crippen LogP) is 0.247. The Kier molecular flexibility index (Phi) is 2.26. The first-order chi connectivity index (χ1) is 5.77. The highest BCUT2D eigenvalue weighted by molar-refractivity contribution is 5.44. The molecule has 64 valence electrons. The lowest BCUT2D eigenvalue weighted by Gasteiger charge is -1.98. The number of nitrogens with zero attached hydrogens (tertiary/aromatic N) is 3. The third kappa shape index (κ3) is 1.51. The molecule has 0 fully saturated rings. The molecule has 7 nitrogen and oxygen atoms in total. The summed E-state index contributed by atoms with van der Waals surface area (Å²) in [5.41, 5.74) is 0. The van der Waals surface area contributed by atoms with E-state index in [0.29, 0.717) is 0 Å². The lowest BCUT2D eigenvalue weighted by molar-refractivity contribution is -0.584. The first-order valence-corrected chi connectivity index (χ1v) is 2.87. The summed E-state index contributed by atoms with van der Waals surface area (Å²) in [5, 5.41) is 22.3. The molecule has 0 atom stereocenters. The molecule has 0 aliphatic carbocycles. The predicted molar refractivity (Wildman–Crippen MR) is 35.9 cm³/mol. The van der Waals surface area contributed by atoms with Crippen LogP contribution in [0.1, 0.15) is 0 Å². The number of hydrogen-bond donors (Lipinski definition) is 0. The van der Waals surface area contributed by atoms with Gasteiger partial charge < -0.3 is 15.2 Å². The van der Waals surface area contributed by atoms with Crippen LogP contribution in [0.25, 0.3) is 0 Å². The summed E-state index contributed by atoms with van der Waals surface area (Å²) in [4.78, 5) is 9.62. The average molecular weight is 170 g/mol. The summed E-state index contributed by atoms with van der Waals surface area (Å²) in [6, 6.07) is 1.34. The van der Waals surface area contributed by atoms with Crippen molar-refractivity contribution in [2.24, 2.45) is 5.28 Å². The zero-order valence-electron chi connectivity index (χ0n) is 5.78. The first kappa shape index (κ1) is 8.05. The molecule has 1 rings (SSSR count). The van der Waals surface area contributed by atoms with Crippen molar-refractivity contribution < 1.29 is 14.5 Å². The van der Waals surface area contributed by atoms with E-state index in [1.807, 2.05) is 0 Å². The molecule has 0 N–H and O–H groups in total. The van der Waals surface area contributed by atoms with Gasteiger partial charge in [-0.15, -0.1) is 0 Å². The Hall–Kier alpha value is -2.05. The van der Waals surface area contributed by atoms with Gasteiger partial charge in [-0.2, -0.15) is 0 Å². The Morgan fingerprint density at radius 3 is 3.08 bits per heavy atom. The maximum Gasteiger partial charge on any atom is 0.298 e. The highest BCUT2D eigenvalue weighted by Gasteiger charge is 2.01. The van der Waals surface area contributed by atoms with Crippen LogP contribution in [0.4, 0.5) is 0 Å². The van der Waals surface area contributed by atoms with Crippen LogP contribution < -0.4 is 4.74 Å². The van der Waals surface area contributed by atoms with E-state index >= 15 is 0 Å². The van der Waals surface area contributed by atoms with Gasteiger partial charge in [0.15, 0.2) is 5.75 Å². The summed E-state index contributed by atoms with van der Waals surface area (Å²) in [6.07, 6.45) is 2.37. The third-order valence-corrected chi connectivity index (χ3v) is 1.10. The van der Waals surface area contributed by atoms with Crippen molar-refractivity contribution in [1.29, 1.82) is 0 Å². The van der Waals surface area contributed by atoms with E-state index in [4.69, 9.17) is 0 Å². The van der Waals surface area contributed by atoms with E-state index in [1.54, 1.807) is 0 Å². The van der Waals surface area contributed by atoms with Crippen molar-refractivity contribution in [1.82, 2.24) is 4.68 Å². The molecule has 12 heavy (non-hydrogen) atoms. The van der Waals surface area contributed by atoms with E-state index in [9.17, 15) is 15.2 Å². The molecule has 1 aromatic heterocycles. The van der Waals surface area contributed by atoms with Crippen molar-refractivity contribution in [3.63, 3.8) is 0 Å². The Labute approximate surface area is 66.6 Å². The maximum absolute atomic E-state index is 10.5. The molecule has 0 saturated heterocycles. The Morgan fingerprint density at radius 2 is 2.50 bits per heavy atom. The fraction of sp³-hybridized carbons (Fsp3) is 0. The van der Waals surface area contributed by atoms with Crippen LogP contribution in [0.2, 0.25) is 0 Å². The van der Waals surface area contributed by atoms with Gasteiger partial charge >= 0.3 is 0 Å². The van der Waals surface area contributed by atoms with Gasteiger partial charge in [-0.05, 0) is 5.28 Å². The molecule has 0 spiro atoms. The van der Waals surface area contributed by atoms with Crippen molar-refractivity contribution >= 4 is 6.47 Å². The molecule has 1 aromatic rings. The summed E-state index contributed by atoms with van der Waals surface area (Å²) in [5.74, 6) is 0.162. The minimum Gasteiger partial charge on any atom is -0.737 e. The van der Waals surface area contributed by atoms with Crippen molar-refractivity contribution in [3.8, 4) is 5.75 Å². The molecule has 0 amide bonds. The van der Waals surface area contributed by atoms with Crippen LogP contribution in [0.3, 0.4) is 0 Å². The number of carbonyl (C=O) groups excluding carboxylic acids is 1. The second kappa shape index (κ2) is 3.37. The van der Waals surface area contributed by atoms with Crippen LogP contribution in [0, 0.1) is 10.4 Å². The normalized spacial score (nSPS) is 11.2. The van der Waals surface area contributed by atoms with Crippen LogP contribution in [0.15, 0.2) is 23.7 Å². The molecule has 7 heteroatoms. The lowest BCUT2D eigenvalue weighted by Crippen LogP contribution is -2.05. The monoisotopic (exact) mass is 170 g/mol. The molecule has 0 aliphatic rings. The van der Waals surface area contributed by atoms with Crippen LogP contribution >= 0.6 is 0 Å². The summed E-state index contributed by atoms with van der Waals surface area (Å²) < 4.78 is 5.20. The van der Waals surface area contributed by atoms with Gasteiger partial charge in [0.1, 0.15) is 6.20 Å². The average Bonchev–Trinajstić information content (AvgIpc) is 2.52. The molecular formula is C5H4N3O4-. The maximum atomic E-state index is 10.5. The van der Waals surface area contributed by atoms with Gasteiger partial charge in [0.05, 0.1) is 6.20 Å². The first-order valence-electron chi connectivity index (χ1n) is 2.87. The Bertz CT molecular complexity index is 305. The molecule has 0 unspecified atom stereocenters. The summed E-state index contributed by atoms with van der Waals surface area (Å²) in [7, 11) is 0. The summed E-state index contributed by atoms with van der Waals surface area (Å²) >= 11 is 0. The molecule has 0 bridgehead atoms. The minimum absolute atomic E-state index is 0.162. The third-order valence-electron chi connectivity index (χ3n) is 1.10. The molecule has 0 radical (unpaired) electrons. The molecule has 0 aliphatic heterocycles. The highest BCUT2D eigenvalue weighted by atomic mass is 16.6. The smallest absolute Gasteiger partial charge is 0.298 e. The van der Waals surface area contributed by atoms with Crippen LogP contribution in [-0.4, -0.2) is 16.1 Å². The largest absolute Gasteiger partial charge is 0.737 e. The Balaban J connectivity index is 2.83. The number of rotatable bonds is 3. The molecule has 0 saturated carbocycles. The standard InChI is InChI=1S/C5H5N3O4/c9-4-12-5-1-2-7(3-5)8(11)6-10/h1-4,10H/p-1/b8-6-. The quantitative estimate of drug-likeness (QED) is 0.281. The summed E-state index contributed by atoms with van der Waals surface area (Å²) in [6.45, 7) is 0.211. The van der Waals surface area contributed by atoms with Gasteiger partial charge in [-0.25, -0.2) is 0 Å². The van der Waals surface area contributed by atoms with Crippen molar-refractivity contribution in [3.05, 3.63) is 28.9 Å². The Morgan fingerprint density at radius 1 is 1.75 bits per heavy atom. The molecule has 0 aromatic carbocycles. The molecular weight excluding hydrogens is 166 g/mol. The van der Waals surface area contributed by atoms with Crippen LogP contribution in [0.5, 0.6) is 5.75 Å². The zero-order valence-corrected chi connectivity index (χ0v) is 5.78. The van der Waals surface area contributed by atoms with Crippen LogP contribution in [-0.2, 0) is 4.79 Å². The van der Waals surface area contributed by atoms with Crippen molar-refractivity contribution in [2.45, 2.75) is 0 Å². The lowest BCUT2D eigenvalue weighted by atomic mass is 10.6. The van der Waals surface area contributed by atoms with Gasteiger partial charge in [0, 0.05) is 11.0 Å². The van der Waals surface area contributed by atoms with E-state index in [0.717, 1.165) is 10.9 Å². The fourth-order valence-electron chi connectivity index (χ4n) is 0.640. The van der Waals surface area contributed by atoms with Crippen molar-refractivity contribution in [2.75, 3.05) is 0 Å². The van der Waals surface area contributed by atoms with E-state index in [1.165, 1.54) is 12.3 Å². The topological polar surface area (TPSA) is 92.7 Å². The second-order valence-electron chi connectivity index (χ2n) is 1.78. The van der Waals surface area contributed by atoms with Gasteiger partial charge in [-0.3, -0.25) is 4.79 Å². The minimum atomic E-state index is -0.197. The van der Waals surface area contributed by atoms with E-state index in [-0.39, 0.29) is 17.2 Å². The number of carbonyl (C=O) groups is 1. The number of ether oxygens (including phenoxy) is 1.